The summed E-state index contributed by atoms with van der Waals surface area (Å²) in [6, 6.07) is 14.9. The summed E-state index contributed by atoms with van der Waals surface area (Å²) in [5.41, 5.74) is 0.569. The lowest BCUT2D eigenvalue weighted by molar-refractivity contribution is -0.385. The summed E-state index contributed by atoms with van der Waals surface area (Å²) < 4.78 is 0. The molecule has 0 amide bonds. The van der Waals surface area contributed by atoms with E-state index >= 15 is 0 Å². The summed E-state index contributed by atoms with van der Waals surface area (Å²) in [4.78, 5) is 27.3. The van der Waals surface area contributed by atoms with Crippen LogP contribution in [0.25, 0.3) is 0 Å². The van der Waals surface area contributed by atoms with Crippen LogP contribution in [-0.2, 0) is 0 Å². The van der Waals surface area contributed by atoms with Crippen molar-refractivity contribution in [2.75, 3.05) is 5.32 Å². The molecule has 132 valence electrons. The van der Waals surface area contributed by atoms with Gasteiger partial charge < -0.3 is 5.32 Å². The van der Waals surface area contributed by atoms with Gasteiger partial charge in [-0.1, -0.05) is 29.8 Å². The van der Waals surface area contributed by atoms with Crippen molar-refractivity contribution < 1.29 is 9.85 Å². The number of benzene rings is 1. The zero-order chi connectivity index (χ0) is 18.9. The second kappa shape index (κ2) is 9.04. The highest BCUT2D eigenvalue weighted by Crippen LogP contribution is 2.24. The molecular formula is C16H12ClN5O4. The molecule has 0 aliphatic carbocycles. The van der Waals surface area contributed by atoms with Crippen LogP contribution in [0, 0.1) is 20.2 Å². The SMILES string of the molecule is O=[N+]([O-])c1cccnc1Cl.O=[N+]([O-])c1cccnc1Nc1ccccc1. The molecule has 0 unspecified atom stereocenters. The first-order valence-electron chi connectivity index (χ1n) is 7.15. The highest BCUT2D eigenvalue weighted by atomic mass is 35.5. The van der Waals surface area contributed by atoms with Crippen LogP contribution < -0.4 is 5.32 Å². The monoisotopic (exact) mass is 373 g/mol. The fourth-order valence-electron chi connectivity index (χ4n) is 1.81. The number of hydrogen-bond acceptors (Lipinski definition) is 7. The maximum Gasteiger partial charge on any atom is 0.311 e. The second-order valence-corrected chi connectivity index (χ2v) is 5.05. The van der Waals surface area contributed by atoms with Crippen molar-refractivity contribution in [2.45, 2.75) is 0 Å². The number of aromatic nitrogens is 2. The molecule has 0 atom stereocenters. The van der Waals surface area contributed by atoms with E-state index in [1.807, 2.05) is 30.3 Å². The molecule has 3 rings (SSSR count). The van der Waals surface area contributed by atoms with Crippen molar-refractivity contribution in [3.05, 3.63) is 92.4 Å². The summed E-state index contributed by atoms with van der Waals surface area (Å²) in [5.74, 6) is 0.249. The third kappa shape index (κ3) is 5.21. The van der Waals surface area contributed by atoms with Crippen LogP contribution >= 0.6 is 11.6 Å². The first kappa shape index (κ1) is 18.7. The molecule has 0 saturated heterocycles. The molecule has 1 aromatic carbocycles. The molecule has 2 heterocycles. The van der Waals surface area contributed by atoms with Crippen LogP contribution in [0.2, 0.25) is 5.15 Å². The summed E-state index contributed by atoms with van der Waals surface area (Å²) in [5, 5.41) is 23.7. The van der Waals surface area contributed by atoms with Crippen LogP contribution in [-0.4, -0.2) is 19.8 Å². The zero-order valence-electron chi connectivity index (χ0n) is 13.2. The number of nitrogens with zero attached hydrogens (tertiary/aromatic N) is 4. The second-order valence-electron chi connectivity index (χ2n) is 4.69. The Kier molecular flexibility index (Phi) is 6.52. The minimum atomic E-state index is -0.574. The molecular weight excluding hydrogens is 362 g/mol. The molecule has 2 aromatic heterocycles. The number of nitro groups is 2. The Balaban J connectivity index is 0.000000209. The number of nitrogens with one attached hydrogen (secondary N) is 1. The molecule has 26 heavy (non-hydrogen) atoms. The first-order valence-corrected chi connectivity index (χ1v) is 7.53. The predicted molar refractivity (Wildman–Crippen MR) is 96.5 cm³/mol. The summed E-state index contributed by atoms with van der Waals surface area (Å²) in [7, 11) is 0. The Morgan fingerprint density at radius 1 is 0.808 bits per heavy atom. The number of halogens is 1. The molecule has 0 spiro atoms. The van der Waals surface area contributed by atoms with E-state index in [9.17, 15) is 20.2 Å². The topological polar surface area (TPSA) is 124 Å². The lowest BCUT2D eigenvalue weighted by Gasteiger charge is -2.04. The highest BCUT2D eigenvalue weighted by molar-refractivity contribution is 6.31. The van der Waals surface area contributed by atoms with Gasteiger partial charge in [0.2, 0.25) is 11.0 Å². The van der Waals surface area contributed by atoms with Gasteiger partial charge in [0.1, 0.15) is 0 Å². The van der Waals surface area contributed by atoms with Gasteiger partial charge in [-0.15, -0.1) is 0 Å². The standard InChI is InChI=1S/C11H9N3O2.C5H3ClN2O2/c15-14(16)10-7-4-8-12-11(10)13-9-5-2-1-3-6-9;6-5-4(8(9)10)2-1-3-7-5/h1-8H,(H,12,13);1-3H. The summed E-state index contributed by atoms with van der Waals surface area (Å²) in [6.07, 6.45) is 2.91. The van der Waals surface area contributed by atoms with Crippen molar-refractivity contribution in [1.82, 2.24) is 9.97 Å². The van der Waals surface area contributed by atoms with Gasteiger partial charge in [0.05, 0.1) is 9.85 Å². The zero-order valence-corrected chi connectivity index (χ0v) is 13.9. The molecule has 0 radical (unpaired) electrons. The average Bonchev–Trinajstić information content (AvgIpc) is 2.63. The first-order chi connectivity index (χ1) is 12.5. The Hall–Kier alpha value is -3.59. The number of pyridine rings is 2. The van der Waals surface area contributed by atoms with E-state index in [1.54, 1.807) is 0 Å². The summed E-state index contributed by atoms with van der Waals surface area (Å²) in [6.45, 7) is 0. The molecule has 0 aliphatic heterocycles. The van der Waals surface area contributed by atoms with Gasteiger partial charge in [-0.2, -0.15) is 0 Å². The third-order valence-electron chi connectivity index (χ3n) is 2.96. The van der Waals surface area contributed by atoms with Crippen LogP contribution in [0.1, 0.15) is 0 Å². The Bertz CT molecular complexity index is 908. The lowest BCUT2D eigenvalue weighted by atomic mass is 10.3. The molecule has 0 saturated carbocycles. The molecule has 9 nitrogen and oxygen atoms in total. The molecule has 0 bridgehead atoms. The smallest absolute Gasteiger partial charge is 0.311 e. The molecule has 10 heteroatoms. The molecule has 0 fully saturated rings. The van der Waals surface area contributed by atoms with E-state index in [-0.39, 0.29) is 22.3 Å². The van der Waals surface area contributed by atoms with E-state index in [0.29, 0.717) is 0 Å². The van der Waals surface area contributed by atoms with E-state index in [1.165, 1.54) is 36.7 Å². The lowest BCUT2D eigenvalue weighted by Crippen LogP contribution is -1.98. The Morgan fingerprint density at radius 3 is 1.92 bits per heavy atom. The molecule has 3 aromatic rings. The van der Waals surface area contributed by atoms with E-state index in [4.69, 9.17) is 11.6 Å². The predicted octanol–water partition coefficient (Wildman–Crippen LogP) is 4.38. The number of hydrogen-bond donors (Lipinski definition) is 1. The number of anilines is 2. The van der Waals surface area contributed by atoms with E-state index < -0.39 is 9.85 Å². The minimum absolute atomic E-state index is 0.0358. The van der Waals surface area contributed by atoms with E-state index in [2.05, 4.69) is 15.3 Å². The van der Waals surface area contributed by atoms with Crippen LogP contribution in [0.5, 0.6) is 0 Å². The van der Waals surface area contributed by atoms with E-state index in [0.717, 1.165) is 5.69 Å². The number of para-hydroxylation sites is 1. The van der Waals surface area contributed by atoms with Crippen molar-refractivity contribution in [1.29, 1.82) is 0 Å². The van der Waals surface area contributed by atoms with Gasteiger partial charge in [-0.3, -0.25) is 20.2 Å². The van der Waals surface area contributed by atoms with Crippen LogP contribution in [0.15, 0.2) is 67.0 Å². The highest BCUT2D eigenvalue weighted by Gasteiger charge is 2.13. The molecule has 0 aliphatic rings. The maximum absolute atomic E-state index is 10.7. The van der Waals surface area contributed by atoms with Gasteiger partial charge in [-0.05, 0) is 24.3 Å². The van der Waals surface area contributed by atoms with Crippen molar-refractivity contribution >= 4 is 34.5 Å². The normalized spacial score (nSPS) is 9.58. The average molecular weight is 374 g/mol. The molecule has 1 N–H and O–H groups in total. The van der Waals surface area contributed by atoms with Crippen LogP contribution in [0.4, 0.5) is 22.9 Å². The van der Waals surface area contributed by atoms with Crippen molar-refractivity contribution in [2.24, 2.45) is 0 Å². The summed E-state index contributed by atoms with van der Waals surface area (Å²) >= 11 is 5.37. The Morgan fingerprint density at radius 2 is 1.38 bits per heavy atom. The van der Waals surface area contributed by atoms with Gasteiger partial charge in [0.25, 0.3) is 0 Å². The minimum Gasteiger partial charge on any atom is -0.334 e. The Labute approximate surface area is 152 Å². The van der Waals surface area contributed by atoms with Crippen molar-refractivity contribution in [3.8, 4) is 0 Å². The fraction of sp³-hybridized carbons (Fsp3) is 0. The fourth-order valence-corrected chi connectivity index (χ4v) is 2.00. The van der Waals surface area contributed by atoms with Gasteiger partial charge in [-0.25, -0.2) is 9.97 Å². The maximum atomic E-state index is 10.7. The van der Waals surface area contributed by atoms with Gasteiger partial charge in [0.15, 0.2) is 0 Å². The number of rotatable bonds is 4. The quantitative estimate of drug-likeness (QED) is 0.408. The van der Waals surface area contributed by atoms with Crippen LogP contribution in [0.3, 0.4) is 0 Å². The largest absolute Gasteiger partial charge is 0.334 e. The van der Waals surface area contributed by atoms with Gasteiger partial charge in [0, 0.05) is 30.2 Å². The van der Waals surface area contributed by atoms with Crippen molar-refractivity contribution in [3.63, 3.8) is 0 Å². The van der Waals surface area contributed by atoms with Gasteiger partial charge >= 0.3 is 11.4 Å². The third-order valence-corrected chi connectivity index (χ3v) is 3.25.